The van der Waals surface area contributed by atoms with Crippen LogP contribution in [0.1, 0.15) is 10.6 Å². The molecule has 0 aliphatic carbocycles. The molecule has 0 aliphatic heterocycles. The van der Waals surface area contributed by atoms with Crippen molar-refractivity contribution in [1.82, 2.24) is 4.57 Å². The van der Waals surface area contributed by atoms with Gasteiger partial charge >= 0.3 is 4.87 Å². The Kier molecular flexibility index (Phi) is 5.57. The molecule has 2 rings (SSSR count). The summed E-state index contributed by atoms with van der Waals surface area (Å²) in [6, 6.07) is 7.35. The van der Waals surface area contributed by atoms with Crippen molar-refractivity contribution in [2.75, 3.05) is 30.4 Å². The first kappa shape index (κ1) is 17.2. The third-order valence-corrected chi connectivity index (χ3v) is 4.70. The molecule has 23 heavy (non-hydrogen) atoms. The van der Waals surface area contributed by atoms with Gasteiger partial charge in [0.15, 0.2) is 0 Å². The molecule has 0 atom stereocenters. The highest BCUT2D eigenvalue weighted by atomic mass is 32.1. The van der Waals surface area contributed by atoms with Crippen molar-refractivity contribution in [3.63, 3.8) is 0 Å². The number of anilines is 2. The number of nitrogens with zero attached hydrogens (tertiary/aromatic N) is 2. The molecule has 2 N–H and O–H groups in total. The number of likely N-dealkylation sites (N-methyl/N-ethyl adjacent to an activating group) is 1. The van der Waals surface area contributed by atoms with Crippen LogP contribution in [0.4, 0.5) is 11.4 Å². The van der Waals surface area contributed by atoms with Crippen LogP contribution in [-0.4, -0.2) is 35.8 Å². The minimum atomic E-state index is -0.232. The van der Waals surface area contributed by atoms with Crippen molar-refractivity contribution in [2.24, 2.45) is 0 Å². The first-order valence-corrected chi connectivity index (χ1v) is 8.12. The fraction of sp³-hybridized carbons (Fsp3) is 0.375. The van der Waals surface area contributed by atoms with Crippen molar-refractivity contribution in [1.29, 1.82) is 0 Å². The summed E-state index contributed by atoms with van der Waals surface area (Å²) in [6.45, 7) is 4.36. The van der Waals surface area contributed by atoms with Gasteiger partial charge in [-0.3, -0.25) is 14.2 Å². The van der Waals surface area contributed by atoms with Crippen LogP contribution >= 0.6 is 11.3 Å². The highest BCUT2D eigenvalue weighted by Crippen LogP contribution is 2.17. The molecule has 0 aliphatic rings. The Morgan fingerprint density at radius 2 is 1.96 bits per heavy atom. The van der Waals surface area contributed by atoms with Gasteiger partial charge in [-0.1, -0.05) is 11.3 Å². The van der Waals surface area contributed by atoms with Crippen molar-refractivity contribution in [3.05, 3.63) is 44.5 Å². The lowest BCUT2D eigenvalue weighted by molar-refractivity contribution is -0.116. The molecule has 124 valence electrons. The van der Waals surface area contributed by atoms with Crippen molar-refractivity contribution < 1.29 is 9.90 Å². The van der Waals surface area contributed by atoms with Gasteiger partial charge in [-0.05, 0) is 38.1 Å². The number of amides is 1. The zero-order valence-corrected chi connectivity index (χ0v) is 14.3. The second-order valence-corrected chi connectivity index (χ2v) is 6.50. The van der Waals surface area contributed by atoms with Gasteiger partial charge in [-0.15, -0.1) is 0 Å². The molecule has 1 amide bonds. The van der Waals surface area contributed by atoms with Gasteiger partial charge in [0.25, 0.3) is 0 Å². The van der Waals surface area contributed by atoms with Gasteiger partial charge in [-0.25, -0.2) is 0 Å². The molecule has 0 saturated carbocycles. The molecule has 1 heterocycles. The number of benzene rings is 1. The summed E-state index contributed by atoms with van der Waals surface area (Å²) in [5.74, 6) is -0.232. The molecule has 1 aromatic heterocycles. The maximum atomic E-state index is 12.1. The van der Waals surface area contributed by atoms with Crippen molar-refractivity contribution in [3.8, 4) is 0 Å². The lowest BCUT2D eigenvalue weighted by atomic mass is 10.2. The second kappa shape index (κ2) is 7.43. The van der Waals surface area contributed by atoms with Crippen LogP contribution in [0.2, 0.25) is 0 Å². The smallest absolute Gasteiger partial charge is 0.308 e. The number of carbonyl (C=O) groups is 1. The summed E-state index contributed by atoms with van der Waals surface area (Å²) in [5.41, 5.74) is 2.46. The van der Waals surface area contributed by atoms with Crippen LogP contribution in [0.5, 0.6) is 0 Å². The van der Waals surface area contributed by atoms with Gasteiger partial charge in [0.05, 0.1) is 6.61 Å². The third-order valence-electron chi connectivity index (χ3n) is 3.70. The van der Waals surface area contributed by atoms with E-state index < -0.39 is 0 Å². The number of hydrogen-bond donors (Lipinski definition) is 2. The first-order valence-electron chi connectivity index (χ1n) is 7.31. The normalized spacial score (nSPS) is 10.6. The van der Waals surface area contributed by atoms with E-state index in [2.05, 4.69) is 5.32 Å². The minimum Gasteiger partial charge on any atom is -0.395 e. The quantitative estimate of drug-likeness (QED) is 0.841. The maximum absolute atomic E-state index is 12.1. The number of aliphatic hydroxyl groups excluding tert-OH is 1. The summed E-state index contributed by atoms with van der Waals surface area (Å²) < 4.78 is 1.48. The molecular weight excluding hydrogens is 314 g/mol. The Bertz CT molecular complexity index is 734. The molecule has 0 spiro atoms. The van der Waals surface area contributed by atoms with Crippen LogP contribution in [0.25, 0.3) is 0 Å². The molecular formula is C16H21N3O3S. The fourth-order valence-electron chi connectivity index (χ4n) is 2.19. The summed E-state index contributed by atoms with van der Waals surface area (Å²) in [6.07, 6.45) is 0. The number of aryl methyl sites for hydroxylation is 1. The highest BCUT2D eigenvalue weighted by molar-refractivity contribution is 7.09. The number of thiazole rings is 1. The van der Waals surface area contributed by atoms with E-state index in [1.807, 2.05) is 37.9 Å². The van der Waals surface area contributed by atoms with E-state index in [4.69, 9.17) is 5.11 Å². The van der Waals surface area contributed by atoms with Crippen LogP contribution < -0.4 is 15.1 Å². The third kappa shape index (κ3) is 4.20. The lowest BCUT2D eigenvalue weighted by Gasteiger charge is -2.18. The number of aliphatic hydroxyl groups is 1. The monoisotopic (exact) mass is 335 g/mol. The number of nitrogens with one attached hydrogen (secondary N) is 1. The molecule has 0 saturated heterocycles. The molecule has 0 radical (unpaired) electrons. The van der Waals surface area contributed by atoms with E-state index in [1.165, 1.54) is 4.57 Å². The Morgan fingerprint density at radius 1 is 1.30 bits per heavy atom. The Hall–Kier alpha value is -2.12. The average Bonchev–Trinajstić information content (AvgIpc) is 2.74. The van der Waals surface area contributed by atoms with Gasteiger partial charge in [0.2, 0.25) is 5.91 Å². The summed E-state index contributed by atoms with van der Waals surface area (Å²) in [5, 5.41) is 11.7. The molecule has 7 heteroatoms. The van der Waals surface area contributed by atoms with Crippen molar-refractivity contribution in [2.45, 2.75) is 20.4 Å². The van der Waals surface area contributed by atoms with Crippen LogP contribution in [0, 0.1) is 13.8 Å². The number of rotatable bonds is 6. The Labute approximate surface area is 139 Å². The van der Waals surface area contributed by atoms with E-state index in [1.54, 1.807) is 12.1 Å². The second-order valence-electron chi connectivity index (χ2n) is 5.34. The summed E-state index contributed by atoms with van der Waals surface area (Å²) in [7, 11) is 1.89. The van der Waals surface area contributed by atoms with Gasteiger partial charge in [0, 0.05) is 35.5 Å². The van der Waals surface area contributed by atoms with E-state index in [9.17, 15) is 9.59 Å². The molecule has 0 unspecified atom stereocenters. The van der Waals surface area contributed by atoms with Crippen molar-refractivity contribution >= 4 is 28.6 Å². The zero-order valence-electron chi connectivity index (χ0n) is 13.5. The molecule has 0 bridgehead atoms. The first-order chi connectivity index (χ1) is 10.9. The summed E-state index contributed by atoms with van der Waals surface area (Å²) >= 11 is 1.16. The Morgan fingerprint density at radius 3 is 2.48 bits per heavy atom. The van der Waals surface area contributed by atoms with E-state index in [0.717, 1.165) is 27.6 Å². The van der Waals surface area contributed by atoms with Crippen LogP contribution in [0.3, 0.4) is 0 Å². The van der Waals surface area contributed by atoms with Gasteiger partial charge in [-0.2, -0.15) is 0 Å². The predicted molar refractivity (Wildman–Crippen MR) is 93.5 cm³/mol. The van der Waals surface area contributed by atoms with E-state index in [-0.39, 0.29) is 23.9 Å². The number of carbonyl (C=O) groups excluding carboxylic acids is 1. The molecule has 0 fully saturated rings. The summed E-state index contributed by atoms with van der Waals surface area (Å²) in [4.78, 5) is 26.6. The molecule has 2 aromatic rings. The lowest BCUT2D eigenvalue weighted by Crippen LogP contribution is -2.25. The average molecular weight is 335 g/mol. The molecule has 1 aromatic carbocycles. The van der Waals surface area contributed by atoms with E-state index in [0.29, 0.717) is 12.2 Å². The van der Waals surface area contributed by atoms with E-state index >= 15 is 0 Å². The van der Waals surface area contributed by atoms with Gasteiger partial charge < -0.3 is 15.3 Å². The number of aromatic nitrogens is 1. The zero-order chi connectivity index (χ0) is 17.0. The maximum Gasteiger partial charge on any atom is 0.308 e. The van der Waals surface area contributed by atoms with Crippen LogP contribution in [-0.2, 0) is 11.3 Å². The standard InChI is InChI=1S/C16H21N3O3S/c1-11-12(2)23-16(22)19(11)10-15(21)17-13-4-6-14(7-5-13)18(3)8-9-20/h4-7,20H,8-10H2,1-3H3,(H,17,21). The topological polar surface area (TPSA) is 74.6 Å². The number of hydrogen-bond acceptors (Lipinski definition) is 5. The molecule has 6 nitrogen and oxygen atoms in total. The fourth-order valence-corrected chi connectivity index (χ4v) is 3.02. The Balaban J connectivity index is 2.01. The van der Waals surface area contributed by atoms with Crippen LogP contribution in [0.15, 0.2) is 29.1 Å². The minimum absolute atomic E-state index is 0.0151. The predicted octanol–water partition coefficient (Wildman–Crippen LogP) is 1.59. The van der Waals surface area contributed by atoms with Gasteiger partial charge in [0.1, 0.15) is 6.54 Å². The SMILES string of the molecule is Cc1sc(=O)n(CC(=O)Nc2ccc(N(C)CCO)cc2)c1C. The largest absolute Gasteiger partial charge is 0.395 e. The highest BCUT2D eigenvalue weighted by Gasteiger charge is 2.11.